The lowest BCUT2D eigenvalue weighted by Crippen LogP contribution is -2.15. The molecule has 5 nitrogen and oxygen atoms in total. The minimum absolute atomic E-state index is 0. The second kappa shape index (κ2) is 8.38. The molecule has 0 spiro atoms. The van der Waals surface area contributed by atoms with Crippen LogP contribution in [-0.2, 0) is 4.74 Å². The molecule has 1 aromatic heterocycles. The zero-order chi connectivity index (χ0) is 13.1. The Labute approximate surface area is 130 Å². The van der Waals surface area contributed by atoms with E-state index in [1.54, 1.807) is 0 Å². The van der Waals surface area contributed by atoms with Crippen molar-refractivity contribution in [3.63, 3.8) is 0 Å². The molecule has 0 radical (unpaired) electrons. The van der Waals surface area contributed by atoms with Crippen molar-refractivity contribution in [2.24, 2.45) is 0 Å². The van der Waals surface area contributed by atoms with E-state index in [4.69, 9.17) is 9.72 Å². The van der Waals surface area contributed by atoms with Crippen molar-refractivity contribution in [2.75, 3.05) is 19.0 Å². The van der Waals surface area contributed by atoms with Crippen LogP contribution in [0, 0.1) is 0 Å². The molecule has 1 fully saturated rings. The number of H-pyrrole nitrogens is 1. The molecule has 1 aliphatic heterocycles. The number of fused-ring (bicyclic) bond motifs is 1. The molecule has 2 heterocycles. The van der Waals surface area contributed by atoms with Gasteiger partial charge in [-0.05, 0) is 43.2 Å². The van der Waals surface area contributed by atoms with Gasteiger partial charge in [-0.15, -0.1) is 11.8 Å². The van der Waals surface area contributed by atoms with Crippen LogP contribution in [0.2, 0.25) is 0 Å². The van der Waals surface area contributed by atoms with Crippen LogP contribution < -0.4 is 0 Å². The fourth-order valence-electron chi connectivity index (χ4n) is 2.48. The summed E-state index contributed by atoms with van der Waals surface area (Å²) in [5.74, 6) is 2.84. The molecular formula is C15H26N2O3S. The molecule has 0 aliphatic carbocycles. The van der Waals surface area contributed by atoms with E-state index in [1.165, 1.54) is 22.6 Å². The summed E-state index contributed by atoms with van der Waals surface area (Å²) in [4.78, 5) is 9.57. The number of nitrogens with one attached hydrogen (secondary N) is 1. The second-order valence-corrected chi connectivity index (χ2v) is 6.20. The number of benzene rings is 1. The van der Waals surface area contributed by atoms with E-state index in [2.05, 4.69) is 30.1 Å². The molecule has 3 rings (SSSR count). The molecule has 120 valence electrons. The minimum Gasteiger partial charge on any atom is -0.412 e. The third kappa shape index (κ3) is 4.20. The summed E-state index contributed by atoms with van der Waals surface area (Å²) in [5, 5.41) is 0. The van der Waals surface area contributed by atoms with E-state index >= 15 is 0 Å². The van der Waals surface area contributed by atoms with Gasteiger partial charge in [0.1, 0.15) is 5.82 Å². The highest BCUT2D eigenvalue weighted by Gasteiger charge is 2.19. The Morgan fingerprint density at radius 3 is 2.81 bits per heavy atom. The average Bonchev–Trinajstić information content (AvgIpc) is 2.89. The standard InChI is InChI=1S/C15H20N2OS.2H2O.H2/c1-2-9-19-12-3-4-13-14(10-12)17-15(16-13)11-5-7-18-8-6-11;;;/h3-4,10-11H,2,5-9H2,1H3,(H,16,17);2*1H2;1H. The van der Waals surface area contributed by atoms with Gasteiger partial charge in [0, 0.05) is 25.5 Å². The second-order valence-electron chi connectivity index (χ2n) is 5.04. The van der Waals surface area contributed by atoms with Crippen LogP contribution in [0.1, 0.15) is 39.4 Å². The Hall–Kier alpha value is -1.08. The van der Waals surface area contributed by atoms with Crippen LogP contribution in [0.25, 0.3) is 11.0 Å². The van der Waals surface area contributed by atoms with Gasteiger partial charge >= 0.3 is 0 Å². The maximum Gasteiger partial charge on any atom is 0.110 e. The van der Waals surface area contributed by atoms with E-state index in [0.717, 1.165) is 37.4 Å². The predicted octanol–water partition coefficient (Wildman–Crippen LogP) is 2.56. The normalized spacial score (nSPS) is 15.5. The van der Waals surface area contributed by atoms with Gasteiger partial charge in [0.15, 0.2) is 0 Å². The largest absolute Gasteiger partial charge is 0.412 e. The summed E-state index contributed by atoms with van der Waals surface area (Å²) in [5.41, 5.74) is 2.25. The third-order valence-corrected chi connectivity index (χ3v) is 4.75. The fraction of sp³-hybridized carbons (Fsp3) is 0.533. The molecule has 0 saturated carbocycles. The molecule has 0 bridgehead atoms. The van der Waals surface area contributed by atoms with Gasteiger partial charge in [-0.25, -0.2) is 4.98 Å². The van der Waals surface area contributed by atoms with E-state index in [-0.39, 0.29) is 12.4 Å². The van der Waals surface area contributed by atoms with Crippen LogP contribution in [-0.4, -0.2) is 39.9 Å². The lowest BCUT2D eigenvalue weighted by atomic mass is 10.00. The molecule has 6 heteroatoms. The summed E-state index contributed by atoms with van der Waals surface area (Å²) in [6.45, 7) is 3.93. The maximum absolute atomic E-state index is 5.41. The Kier molecular flexibility index (Phi) is 7.17. The molecule has 0 atom stereocenters. The lowest BCUT2D eigenvalue weighted by Gasteiger charge is -2.19. The number of rotatable bonds is 4. The zero-order valence-corrected chi connectivity index (χ0v) is 13.1. The highest BCUT2D eigenvalue weighted by molar-refractivity contribution is 7.99. The first kappa shape index (κ1) is 18.0. The molecular weight excluding hydrogens is 288 g/mol. The van der Waals surface area contributed by atoms with E-state index in [9.17, 15) is 0 Å². The zero-order valence-electron chi connectivity index (χ0n) is 12.3. The number of thioether (sulfide) groups is 1. The summed E-state index contributed by atoms with van der Waals surface area (Å²) >= 11 is 1.91. The minimum atomic E-state index is 0. The quantitative estimate of drug-likeness (QED) is 0.877. The summed E-state index contributed by atoms with van der Waals surface area (Å²) in [7, 11) is 0. The van der Waals surface area contributed by atoms with Crippen molar-refractivity contribution in [3.8, 4) is 0 Å². The van der Waals surface area contributed by atoms with Crippen molar-refractivity contribution < 1.29 is 17.1 Å². The molecule has 1 aromatic carbocycles. The highest BCUT2D eigenvalue weighted by Crippen LogP contribution is 2.28. The number of ether oxygens (including phenoxy) is 1. The van der Waals surface area contributed by atoms with Crippen LogP contribution in [0.5, 0.6) is 0 Å². The van der Waals surface area contributed by atoms with Crippen molar-refractivity contribution in [1.82, 2.24) is 9.97 Å². The first-order chi connectivity index (χ1) is 9.36. The van der Waals surface area contributed by atoms with E-state index in [1.807, 2.05) is 11.8 Å². The van der Waals surface area contributed by atoms with E-state index in [0.29, 0.717) is 5.92 Å². The van der Waals surface area contributed by atoms with Crippen LogP contribution in [0.15, 0.2) is 23.1 Å². The average molecular weight is 314 g/mol. The molecule has 0 unspecified atom stereocenters. The Balaban J connectivity index is 0.00000147. The predicted molar refractivity (Wildman–Crippen MR) is 89.2 cm³/mol. The van der Waals surface area contributed by atoms with Crippen LogP contribution in [0.3, 0.4) is 0 Å². The summed E-state index contributed by atoms with van der Waals surface area (Å²) in [6.07, 6.45) is 3.37. The van der Waals surface area contributed by atoms with Crippen LogP contribution >= 0.6 is 11.8 Å². The van der Waals surface area contributed by atoms with Gasteiger partial charge in [-0.3, -0.25) is 0 Å². The Morgan fingerprint density at radius 1 is 1.33 bits per heavy atom. The Bertz CT molecular complexity index is 559. The third-order valence-electron chi connectivity index (χ3n) is 3.55. The van der Waals surface area contributed by atoms with Gasteiger partial charge in [0.05, 0.1) is 11.0 Å². The molecule has 1 aliphatic rings. The summed E-state index contributed by atoms with van der Waals surface area (Å²) < 4.78 is 5.41. The fourth-order valence-corrected chi connectivity index (χ4v) is 3.29. The molecule has 1 saturated heterocycles. The molecule has 21 heavy (non-hydrogen) atoms. The number of nitrogens with zero attached hydrogens (tertiary/aromatic N) is 1. The number of aromatic amines is 1. The van der Waals surface area contributed by atoms with Gasteiger partial charge in [0.25, 0.3) is 0 Å². The number of aromatic nitrogens is 2. The van der Waals surface area contributed by atoms with E-state index < -0.39 is 0 Å². The number of imidazole rings is 1. The smallest absolute Gasteiger partial charge is 0.110 e. The molecule has 0 amide bonds. The lowest BCUT2D eigenvalue weighted by molar-refractivity contribution is 0.0838. The topological polar surface area (TPSA) is 101 Å². The number of hydrogen-bond donors (Lipinski definition) is 1. The summed E-state index contributed by atoms with van der Waals surface area (Å²) in [6, 6.07) is 6.54. The van der Waals surface area contributed by atoms with Crippen molar-refractivity contribution in [2.45, 2.75) is 37.0 Å². The molecule has 5 N–H and O–H groups in total. The van der Waals surface area contributed by atoms with Gasteiger partial charge in [-0.1, -0.05) is 6.92 Å². The first-order valence-electron chi connectivity index (χ1n) is 7.07. The maximum atomic E-state index is 5.41. The first-order valence-corrected chi connectivity index (χ1v) is 8.05. The number of hydrogen-bond acceptors (Lipinski definition) is 3. The highest BCUT2D eigenvalue weighted by atomic mass is 32.2. The van der Waals surface area contributed by atoms with Gasteiger partial charge < -0.3 is 20.7 Å². The van der Waals surface area contributed by atoms with Crippen molar-refractivity contribution in [1.29, 1.82) is 0 Å². The van der Waals surface area contributed by atoms with Gasteiger partial charge in [0.2, 0.25) is 0 Å². The van der Waals surface area contributed by atoms with Crippen molar-refractivity contribution >= 4 is 22.8 Å². The molecule has 2 aromatic rings. The Morgan fingerprint density at radius 2 is 2.10 bits per heavy atom. The van der Waals surface area contributed by atoms with Crippen LogP contribution in [0.4, 0.5) is 0 Å². The van der Waals surface area contributed by atoms with Crippen molar-refractivity contribution in [3.05, 3.63) is 24.0 Å². The monoisotopic (exact) mass is 314 g/mol. The van der Waals surface area contributed by atoms with Gasteiger partial charge in [-0.2, -0.15) is 0 Å². The SMILES string of the molecule is CCCSc1ccc2nc(C3CCOCC3)[nH]c2c1.O.O.[HH].